The molecule has 4 aliphatic heterocycles. The topological polar surface area (TPSA) is 96.4 Å². The average Bonchev–Trinajstić information content (AvgIpc) is 3.13. The van der Waals surface area contributed by atoms with Crippen LogP contribution in [0.5, 0.6) is 0 Å². The van der Waals surface area contributed by atoms with Gasteiger partial charge in [0, 0.05) is 12.1 Å². The molecule has 1 spiro atoms. The zero-order valence-corrected chi connectivity index (χ0v) is 22.8. The van der Waals surface area contributed by atoms with Gasteiger partial charge in [0.2, 0.25) is 11.8 Å². The van der Waals surface area contributed by atoms with Crippen molar-refractivity contribution in [1.29, 1.82) is 0 Å². The summed E-state index contributed by atoms with van der Waals surface area (Å²) in [5.74, 6) is -2.97. The van der Waals surface area contributed by atoms with Crippen molar-refractivity contribution < 1.29 is 29.0 Å². The van der Waals surface area contributed by atoms with Crippen LogP contribution in [0.15, 0.2) is 54.6 Å². The van der Waals surface area contributed by atoms with Gasteiger partial charge >= 0.3 is 5.97 Å². The van der Waals surface area contributed by atoms with E-state index in [4.69, 9.17) is 9.47 Å². The third kappa shape index (κ3) is 4.18. The fourth-order valence-corrected chi connectivity index (χ4v) is 7.21. The first kappa shape index (κ1) is 26.6. The summed E-state index contributed by atoms with van der Waals surface area (Å²) < 4.78 is 12.0. The lowest BCUT2D eigenvalue weighted by atomic mass is 9.77. The number of likely N-dealkylation sites (tertiary alicyclic amines) is 1. The minimum atomic E-state index is -1.36. The molecule has 2 amide bonds. The maximum atomic E-state index is 14.7. The summed E-state index contributed by atoms with van der Waals surface area (Å²) in [5.41, 5.74) is -1.23. The maximum Gasteiger partial charge on any atom is 0.313 e. The van der Waals surface area contributed by atoms with Gasteiger partial charge in [-0.15, -0.1) is 0 Å². The molecule has 8 heteroatoms. The molecule has 6 atom stereocenters. The number of fused-ring (bicyclic) bond motifs is 2. The molecular weight excluding hydrogens is 484 g/mol. The van der Waals surface area contributed by atoms with E-state index in [-0.39, 0.29) is 30.4 Å². The molecule has 1 aromatic rings. The first-order chi connectivity index (χ1) is 17.9. The van der Waals surface area contributed by atoms with E-state index in [0.29, 0.717) is 12.1 Å². The Morgan fingerprint density at radius 2 is 1.76 bits per heavy atom. The molecular formula is C30H38N2O6. The van der Waals surface area contributed by atoms with Gasteiger partial charge in [0.05, 0.1) is 24.7 Å². The number of benzene rings is 1. The van der Waals surface area contributed by atoms with E-state index in [1.165, 1.54) is 4.90 Å². The summed E-state index contributed by atoms with van der Waals surface area (Å²) in [4.78, 5) is 45.5. The summed E-state index contributed by atoms with van der Waals surface area (Å²) in [6.07, 6.45) is 7.25. The summed E-state index contributed by atoms with van der Waals surface area (Å²) in [6, 6.07) is 7.37. The number of hydrogen-bond donors (Lipinski definition) is 1. The zero-order valence-electron chi connectivity index (χ0n) is 22.8. The maximum absolute atomic E-state index is 14.7. The molecule has 8 nitrogen and oxygen atoms in total. The van der Waals surface area contributed by atoms with Crippen molar-refractivity contribution in [3.05, 3.63) is 60.2 Å². The van der Waals surface area contributed by atoms with Gasteiger partial charge < -0.3 is 24.4 Å². The van der Waals surface area contributed by atoms with Crippen LogP contribution in [-0.2, 0) is 23.9 Å². The molecule has 2 fully saturated rings. The number of hydrogen-bond acceptors (Lipinski definition) is 6. The fraction of sp³-hybridized carbons (Fsp3) is 0.567. The van der Waals surface area contributed by atoms with E-state index in [2.05, 4.69) is 20.8 Å². The molecule has 204 valence electrons. The first-order valence-corrected chi connectivity index (χ1v) is 13.4. The Labute approximate surface area is 224 Å². The number of carbonyl (C=O) groups excluding carboxylic acids is 3. The predicted molar refractivity (Wildman–Crippen MR) is 141 cm³/mol. The lowest BCUT2D eigenvalue weighted by molar-refractivity contribution is -0.157. The van der Waals surface area contributed by atoms with Gasteiger partial charge in [-0.1, -0.05) is 69.3 Å². The Balaban J connectivity index is 1.66. The zero-order chi connectivity index (χ0) is 27.5. The van der Waals surface area contributed by atoms with Gasteiger partial charge in [-0.25, -0.2) is 0 Å². The van der Waals surface area contributed by atoms with Crippen LogP contribution in [0.25, 0.3) is 0 Å². The summed E-state index contributed by atoms with van der Waals surface area (Å²) in [5, 5.41) is 10.6. The van der Waals surface area contributed by atoms with Crippen molar-refractivity contribution in [2.45, 2.75) is 70.4 Å². The fourth-order valence-electron chi connectivity index (χ4n) is 7.21. The van der Waals surface area contributed by atoms with Gasteiger partial charge in [-0.2, -0.15) is 0 Å². The number of nitrogens with zero attached hydrogens (tertiary/aromatic N) is 2. The monoisotopic (exact) mass is 522 g/mol. The van der Waals surface area contributed by atoms with E-state index in [1.54, 1.807) is 12.2 Å². The third-order valence-corrected chi connectivity index (χ3v) is 8.24. The molecule has 0 bridgehead atoms. The quantitative estimate of drug-likeness (QED) is 0.472. The van der Waals surface area contributed by atoms with Crippen LogP contribution < -0.4 is 0 Å². The molecule has 0 saturated carbocycles. The number of rotatable bonds is 5. The number of aliphatic hydroxyl groups excluding tert-OH is 1. The second-order valence-corrected chi connectivity index (χ2v) is 12.7. The van der Waals surface area contributed by atoms with E-state index < -0.39 is 47.1 Å². The minimum absolute atomic E-state index is 0.0471. The van der Waals surface area contributed by atoms with Crippen LogP contribution in [0.1, 0.15) is 52.6 Å². The summed E-state index contributed by atoms with van der Waals surface area (Å²) in [6.45, 7) is 10.6. The van der Waals surface area contributed by atoms with E-state index in [0.717, 1.165) is 6.42 Å². The highest BCUT2D eigenvalue weighted by Gasteiger charge is 2.73. The smallest absolute Gasteiger partial charge is 0.313 e. The average molecular weight is 523 g/mol. The highest BCUT2D eigenvalue weighted by atomic mass is 16.6. The van der Waals surface area contributed by atoms with Gasteiger partial charge in [-0.3, -0.25) is 14.4 Å². The third-order valence-electron chi connectivity index (χ3n) is 8.24. The second-order valence-electron chi connectivity index (χ2n) is 12.7. The van der Waals surface area contributed by atoms with Gasteiger partial charge in [0.1, 0.15) is 24.2 Å². The Hall–Kier alpha value is -2.97. The van der Waals surface area contributed by atoms with Crippen LogP contribution in [0.3, 0.4) is 0 Å². The molecule has 38 heavy (non-hydrogen) atoms. The number of aliphatic hydroxyl groups is 1. The van der Waals surface area contributed by atoms with Crippen molar-refractivity contribution in [2.75, 3.05) is 19.8 Å². The molecule has 2 saturated heterocycles. The van der Waals surface area contributed by atoms with Gasteiger partial charge in [0.15, 0.2) is 0 Å². The molecule has 1 aromatic carbocycles. The molecule has 0 aromatic heterocycles. The molecule has 0 radical (unpaired) electrons. The lowest BCUT2D eigenvalue weighted by Crippen LogP contribution is -2.60. The molecule has 4 heterocycles. The number of amides is 2. The van der Waals surface area contributed by atoms with Crippen LogP contribution in [-0.4, -0.2) is 75.7 Å². The van der Waals surface area contributed by atoms with Crippen molar-refractivity contribution in [1.82, 2.24) is 9.80 Å². The highest BCUT2D eigenvalue weighted by molar-refractivity contribution is 5.99. The van der Waals surface area contributed by atoms with Gasteiger partial charge in [0.25, 0.3) is 0 Å². The molecule has 4 aliphatic rings. The summed E-state index contributed by atoms with van der Waals surface area (Å²) in [7, 11) is 0. The largest absolute Gasteiger partial charge is 0.461 e. The Kier molecular flexibility index (Phi) is 6.55. The number of carbonyl (C=O) groups is 3. The Morgan fingerprint density at radius 3 is 2.42 bits per heavy atom. The first-order valence-electron chi connectivity index (χ1n) is 13.4. The van der Waals surface area contributed by atoms with Crippen molar-refractivity contribution in [2.24, 2.45) is 17.3 Å². The standard InChI is InChI=1S/C30H38N2O6/c1-28(2,3)18-29(4,5)31-15-10-14-30-23(22-21(38-30)13-9-16-37-27(22)36)25(34)32(24(30)26(31)35)20(17-33)19-11-7-6-8-12-19/h6-14,20-24,33H,15-18H2,1-5H3/t20-,21-,22+,23+,24?,30+/m1/s1. The van der Waals surface area contributed by atoms with Crippen LogP contribution in [0.4, 0.5) is 0 Å². The Bertz CT molecular complexity index is 1170. The normalized spacial score (nSPS) is 31.9. The van der Waals surface area contributed by atoms with Crippen LogP contribution in [0.2, 0.25) is 0 Å². The lowest BCUT2D eigenvalue weighted by Gasteiger charge is -2.45. The summed E-state index contributed by atoms with van der Waals surface area (Å²) >= 11 is 0. The molecule has 0 aliphatic carbocycles. The predicted octanol–water partition coefficient (Wildman–Crippen LogP) is 3.03. The van der Waals surface area contributed by atoms with Crippen molar-refractivity contribution in [3.63, 3.8) is 0 Å². The van der Waals surface area contributed by atoms with E-state index in [1.807, 2.05) is 61.2 Å². The van der Waals surface area contributed by atoms with Crippen molar-refractivity contribution in [3.8, 4) is 0 Å². The van der Waals surface area contributed by atoms with Crippen LogP contribution >= 0.6 is 0 Å². The minimum Gasteiger partial charge on any atom is -0.461 e. The Morgan fingerprint density at radius 1 is 1.05 bits per heavy atom. The molecule has 5 rings (SSSR count). The van der Waals surface area contributed by atoms with Crippen molar-refractivity contribution >= 4 is 17.8 Å². The number of cyclic esters (lactones) is 1. The van der Waals surface area contributed by atoms with E-state index >= 15 is 0 Å². The number of ether oxygens (including phenoxy) is 2. The van der Waals surface area contributed by atoms with E-state index in [9.17, 15) is 19.5 Å². The highest BCUT2D eigenvalue weighted by Crippen LogP contribution is 2.55. The second kappa shape index (κ2) is 9.35. The molecule has 1 N–H and O–H groups in total. The van der Waals surface area contributed by atoms with Gasteiger partial charge in [-0.05, 0) is 37.3 Å². The molecule has 1 unspecified atom stereocenters. The SMILES string of the molecule is CC(C)(C)CC(C)(C)N1CC=C[C@]23O[C@@H]4C=CCOC(=O)[C@@H]4[C@H]2C(=O)N([C@H](CO)c2ccccc2)C3C1=O. The number of esters is 1. The van der Waals surface area contributed by atoms with Crippen LogP contribution in [0, 0.1) is 17.3 Å².